The smallest absolute Gasteiger partial charge is 0.0329 e. The van der Waals surface area contributed by atoms with E-state index in [1.807, 2.05) is 0 Å². The summed E-state index contributed by atoms with van der Waals surface area (Å²) in [6.45, 7) is 18.6. The summed E-state index contributed by atoms with van der Waals surface area (Å²) in [6.07, 6.45) is 2.30. The van der Waals surface area contributed by atoms with Gasteiger partial charge >= 0.3 is 0 Å². The molecular formula is C20H35N. The highest BCUT2D eigenvalue weighted by Gasteiger charge is 2.30. The van der Waals surface area contributed by atoms with E-state index in [0.717, 1.165) is 12.8 Å². The van der Waals surface area contributed by atoms with Crippen LogP contribution in [0.15, 0.2) is 30.3 Å². The molecule has 120 valence electrons. The highest BCUT2D eigenvalue weighted by Crippen LogP contribution is 2.34. The van der Waals surface area contributed by atoms with Crippen molar-refractivity contribution in [2.24, 2.45) is 10.8 Å². The zero-order valence-electron chi connectivity index (χ0n) is 15.4. The van der Waals surface area contributed by atoms with Crippen LogP contribution in [0, 0.1) is 10.8 Å². The monoisotopic (exact) mass is 289 g/mol. The number of benzene rings is 1. The highest BCUT2D eigenvalue weighted by atomic mass is 15.0. The van der Waals surface area contributed by atoms with Gasteiger partial charge in [-0.25, -0.2) is 0 Å². The molecule has 0 heterocycles. The van der Waals surface area contributed by atoms with Crippen molar-refractivity contribution in [3.63, 3.8) is 0 Å². The molecule has 0 aliphatic carbocycles. The van der Waals surface area contributed by atoms with E-state index in [1.165, 1.54) is 5.56 Å². The Morgan fingerprint density at radius 2 is 1.33 bits per heavy atom. The predicted octanol–water partition coefficient (Wildman–Crippen LogP) is 5.97. The molecule has 1 aromatic carbocycles. The lowest BCUT2D eigenvalue weighted by Gasteiger charge is -2.39. The third-order valence-corrected chi connectivity index (χ3v) is 3.56. The fourth-order valence-corrected chi connectivity index (χ4v) is 3.40. The maximum Gasteiger partial charge on any atom is 0.0329 e. The summed E-state index contributed by atoms with van der Waals surface area (Å²) >= 11 is 0. The quantitative estimate of drug-likeness (QED) is 0.704. The van der Waals surface area contributed by atoms with Gasteiger partial charge in [-0.1, -0.05) is 71.9 Å². The molecule has 0 bridgehead atoms. The number of nitrogens with one attached hydrogen (secondary N) is 1. The van der Waals surface area contributed by atoms with Crippen LogP contribution in [0.1, 0.15) is 79.8 Å². The molecule has 0 radical (unpaired) electrons. The molecule has 0 saturated heterocycles. The Kier molecular flexibility index (Phi) is 5.66. The minimum absolute atomic E-state index is 0.129. The molecule has 1 atom stereocenters. The molecule has 0 aliphatic heterocycles. The van der Waals surface area contributed by atoms with Crippen molar-refractivity contribution in [1.82, 2.24) is 5.32 Å². The Hall–Kier alpha value is -0.820. The van der Waals surface area contributed by atoms with Gasteiger partial charge in [0.1, 0.15) is 0 Å². The second-order valence-electron chi connectivity index (χ2n) is 9.49. The van der Waals surface area contributed by atoms with Crippen LogP contribution in [-0.2, 0) is 0 Å². The number of hydrogen-bond acceptors (Lipinski definition) is 1. The van der Waals surface area contributed by atoms with Crippen molar-refractivity contribution in [2.75, 3.05) is 0 Å². The molecule has 21 heavy (non-hydrogen) atoms. The van der Waals surface area contributed by atoms with Crippen molar-refractivity contribution in [1.29, 1.82) is 0 Å². The molecule has 1 nitrogen and oxygen atoms in total. The molecule has 0 amide bonds. The zero-order chi connectivity index (χ0) is 16.3. The summed E-state index contributed by atoms with van der Waals surface area (Å²) < 4.78 is 0. The normalized spacial score (nSPS) is 15.0. The molecule has 1 heteroatoms. The highest BCUT2D eigenvalue weighted by molar-refractivity contribution is 5.19. The van der Waals surface area contributed by atoms with Gasteiger partial charge in [0, 0.05) is 11.6 Å². The van der Waals surface area contributed by atoms with E-state index in [-0.39, 0.29) is 5.54 Å². The maximum absolute atomic E-state index is 3.92. The lowest BCUT2D eigenvalue weighted by atomic mass is 9.79. The summed E-state index contributed by atoms with van der Waals surface area (Å²) in [5.41, 5.74) is 2.17. The van der Waals surface area contributed by atoms with Gasteiger partial charge in [-0.05, 0) is 43.1 Å². The van der Waals surface area contributed by atoms with Gasteiger partial charge in [-0.2, -0.15) is 0 Å². The van der Waals surface area contributed by atoms with E-state index in [0.29, 0.717) is 16.9 Å². The SMILES string of the molecule is CC(C)(C)CC(NC(C)(C)CC(C)(C)C)c1ccccc1. The minimum Gasteiger partial charge on any atom is -0.305 e. The maximum atomic E-state index is 3.92. The summed E-state index contributed by atoms with van der Waals surface area (Å²) in [5, 5.41) is 3.92. The summed E-state index contributed by atoms with van der Waals surface area (Å²) in [6, 6.07) is 11.3. The third kappa shape index (κ3) is 7.66. The van der Waals surface area contributed by atoms with Crippen molar-refractivity contribution >= 4 is 0 Å². The first kappa shape index (κ1) is 18.2. The van der Waals surface area contributed by atoms with Gasteiger partial charge in [-0.3, -0.25) is 0 Å². The van der Waals surface area contributed by atoms with E-state index in [9.17, 15) is 0 Å². The minimum atomic E-state index is 0.129. The fraction of sp³-hybridized carbons (Fsp3) is 0.700. The van der Waals surface area contributed by atoms with Crippen molar-refractivity contribution in [3.8, 4) is 0 Å². The molecule has 0 aromatic heterocycles. The van der Waals surface area contributed by atoms with Gasteiger partial charge < -0.3 is 5.32 Å². The predicted molar refractivity (Wildman–Crippen MR) is 94.5 cm³/mol. The average Bonchev–Trinajstić information content (AvgIpc) is 2.23. The van der Waals surface area contributed by atoms with Crippen molar-refractivity contribution in [3.05, 3.63) is 35.9 Å². The zero-order valence-corrected chi connectivity index (χ0v) is 15.4. The molecule has 1 N–H and O–H groups in total. The molecule has 1 rings (SSSR count). The molecule has 0 aliphatic rings. The lowest BCUT2D eigenvalue weighted by molar-refractivity contribution is 0.198. The van der Waals surface area contributed by atoms with Gasteiger partial charge in [-0.15, -0.1) is 0 Å². The van der Waals surface area contributed by atoms with Crippen LogP contribution >= 0.6 is 0 Å². The molecule has 0 spiro atoms. The van der Waals surface area contributed by atoms with E-state index in [1.54, 1.807) is 0 Å². The van der Waals surface area contributed by atoms with Gasteiger partial charge in [0.2, 0.25) is 0 Å². The van der Waals surface area contributed by atoms with E-state index in [2.05, 4.69) is 91.0 Å². The van der Waals surface area contributed by atoms with Crippen LogP contribution in [0.25, 0.3) is 0 Å². The Morgan fingerprint density at radius 3 is 1.76 bits per heavy atom. The second kappa shape index (κ2) is 6.52. The topological polar surface area (TPSA) is 12.0 Å². The van der Waals surface area contributed by atoms with Crippen LogP contribution in [0.4, 0.5) is 0 Å². The van der Waals surface area contributed by atoms with E-state index in [4.69, 9.17) is 0 Å². The first-order valence-corrected chi connectivity index (χ1v) is 8.21. The molecule has 0 saturated carbocycles. The van der Waals surface area contributed by atoms with Crippen LogP contribution in [0.5, 0.6) is 0 Å². The molecule has 1 unspecified atom stereocenters. The van der Waals surface area contributed by atoms with Crippen LogP contribution in [0.3, 0.4) is 0 Å². The van der Waals surface area contributed by atoms with Crippen molar-refractivity contribution < 1.29 is 0 Å². The van der Waals surface area contributed by atoms with Crippen LogP contribution in [-0.4, -0.2) is 5.54 Å². The van der Waals surface area contributed by atoms with Gasteiger partial charge in [0.05, 0.1) is 0 Å². The number of rotatable bonds is 5. The third-order valence-electron chi connectivity index (χ3n) is 3.56. The standard InChI is InChI=1S/C20H35N/c1-18(2,3)14-17(16-12-10-9-11-13-16)21-20(7,8)15-19(4,5)6/h9-13,17,21H,14-15H2,1-8H3. The van der Waals surface area contributed by atoms with Crippen LogP contribution in [0.2, 0.25) is 0 Å². The first-order valence-electron chi connectivity index (χ1n) is 8.21. The lowest BCUT2D eigenvalue weighted by Crippen LogP contribution is -2.45. The Labute approximate surface area is 132 Å². The van der Waals surface area contributed by atoms with E-state index < -0.39 is 0 Å². The fourth-order valence-electron chi connectivity index (χ4n) is 3.40. The van der Waals surface area contributed by atoms with Crippen molar-refractivity contribution in [2.45, 2.75) is 79.8 Å². The first-order chi connectivity index (χ1) is 9.38. The molecule has 0 fully saturated rings. The second-order valence-corrected chi connectivity index (χ2v) is 9.49. The molecular weight excluding hydrogens is 254 g/mol. The largest absolute Gasteiger partial charge is 0.305 e. The Morgan fingerprint density at radius 1 is 0.810 bits per heavy atom. The van der Waals surface area contributed by atoms with Gasteiger partial charge in [0.15, 0.2) is 0 Å². The summed E-state index contributed by atoms with van der Waals surface area (Å²) in [4.78, 5) is 0. The summed E-state index contributed by atoms with van der Waals surface area (Å²) in [5.74, 6) is 0. The van der Waals surface area contributed by atoms with Crippen LogP contribution < -0.4 is 5.32 Å². The Balaban J connectivity index is 2.93. The average molecular weight is 290 g/mol. The van der Waals surface area contributed by atoms with E-state index >= 15 is 0 Å². The molecule has 1 aromatic rings. The van der Waals surface area contributed by atoms with Gasteiger partial charge in [0.25, 0.3) is 0 Å². The summed E-state index contributed by atoms with van der Waals surface area (Å²) in [7, 11) is 0. The number of hydrogen-bond donors (Lipinski definition) is 1. The Bertz CT molecular complexity index is 417.